The molecule has 0 saturated carbocycles. The molecule has 0 aliphatic rings. The average molecular weight is 471 g/mol. The van der Waals surface area contributed by atoms with Crippen molar-refractivity contribution in [3.63, 3.8) is 0 Å². The van der Waals surface area contributed by atoms with Crippen LogP contribution < -0.4 is 10.1 Å². The van der Waals surface area contributed by atoms with Gasteiger partial charge in [0.05, 0.1) is 17.7 Å². The fraction of sp³-hybridized carbons (Fsp3) is 0.200. The van der Waals surface area contributed by atoms with Gasteiger partial charge in [0, 0.05) is 9.77 Å². The molecule has 0 unspecified atom stereocenters. The van der Waals surface area contributed by atoms with Gasteiger partial charge >= 0.3 is 6.18 Å². The summed E-state index contributed by atoms with van der Waals surface area (Å²) in [5, 5.41) is 2.40. The predicted molar refractivity (Wildman–Crippen MR) is 91.2 cm³/mol. The van der Waals surface area contributed by atoms with Crippen molar-refractivity contribution in [2.24, 2.45) is 0 Å². The van der Waals surface area contributed by atoms with E-state index in [9.17, 15) is 18.0 Å². The average Bonchev–Trinajstić information content (AvgIpc) is 2.52. The minimum atomic E-state index is -4.52. The number of amides is 1. The molecule has 24 heavy (non-hydrogen) atoms. The molecular weight excluding hydrogens is 460 g/mol. The highest BCUT2D eigenvalue weighted by molar-refractivity contribution is 14.1. The lowest BCUT2D eigenvalue weighted by Crippen LogP contribution is -2.28. The first kappa shape index (κ1) is 18.8. The molecule has 2 aromatic rings. The van der Waals surface area contributed by atoms with Crippen molar-refractivity contribution in [2.45, 2.75) is 6.18 Å². The van der Waals surface area contributed by atoms with Crippen LogP contribution >= 0.6 is 34.2 Å². The fourth-order valence-corrected chi connectivity index (χ4v) is 2.59. The molecule has 0 aliphatic heterocycles. The molecule has 1 heterocycles. The number of hydrogen-bond donors (Lipinski definition) is 1. The predicted octanol–water partition coefficient (Wildman–Crippen LogP) is 4.17. The summed E-state index contributed by atoms with van der Waals surface area (Å²) in [7, 11) is 0. The Hall–Kier alpha value is -1.55. The summed E-state index contributed by atoms with van der Waals surface area (Å²) in [6.45, 7) is 0.177. The molecule has 0 radical (unpaired) electrons. The summed E-state index contributed by atoms with van der Waals surface area (Å²) in [6, 6.07) is 7.80. The highest BCUT2D eigenvalue weighted by atomic mass is 127. The van der Waals surface area contributed by atoms with E-state index in [-0.39, 0.29) is 30.0 Å². The van der Waals surface area contributed by atoms with Crippen LogP contribution in [0.4, 0.5) is 13.2 Å². The molecule has 0 spiro atoms. The van der Waals surface area contributed by atoms with E-state index in [0.29, 0.717) is 11.8 Å². The number of nitrogens with zero attached hydrogens (tertiary/aromatic N) is 1. The number of ether oxygens (including phenoxy) is 1. The van der Waals surface area contributed by atoms with Gasteiger partial charge < -0.3 is 10.1 Å². The Morgan fingerprint density at radius 2 is 2.04 bits per heavy atom. The van der Waals surface area contributed by atoms with Crippen LogP contribution in [-0.4, -0.2) is 24.0 Å². The lowest BCUT2D eigenvalue weighted by Gasteiger charge is -2.11. The number of pyridine rings is 1. The summed E-state index contributed by atoms with van der Waals surface area (Å²) in [4.78, 5) is 15.5. The number of halogens is 5. The Bertz CT molecular complexity index is 741. The highest BCUT2D eigenvalue weighted by Gasteiger charge is 2.31. The normalized spacial score (nSPS) is 11.2. The van der Waals surface area contributed by atoms with Gasteiger partial charge in [-0.05, 0) is 40.8 Å². The quantitative estimate of drug-likeness (QED) is 0.527. The maximum Gasteiger partial charge on any atom is 0.417 e. The third kappa shape index (κ3) is 4.97. The molecule has 2 rings (SSSR count). The Morgan fingerprint density at radius 1 is 1.33 bits per heavy atom. The van der Waals surface area contributed by atoms with Crippen molar-refractivity contribution < 1.29 is 22.7 Å². The zero-order valence-corrected chi connectivity index (χ0v) is 14.9. The Balaban J connectivity index is 1.87. The van der Waals surface area contributed by atoms with E-state index in [1.165, 1.54) is 0 Å². The highest BCUT2D eigenvalue weighted by Crippen LogP contribution is 2.32. The van der Waals surface area contributed by atoms with Crippen LogP contribution in [0.15, 0.2) is 36.5 Å². The number of alkyl halides is 3. The molecule has 1 amide bonds. The van der Waals surface area contributed by atoms with Gasteiger partial charge in [-0.15, -0.1) is 0 Å². The van der Waals surface area contributed by atoms with Gasteiger partial charge in [0.1, 0.15) is 11.6 Å². The van der Waals surface area contributed by atoms with Gasteiger partial charge in [0.25, 0.3) is 5.91 Å². The van der Waals surface area contributed by atoms with E-state index < -0.39 is 11.7 Å². The maximum absolute atomic E-state index is 12.5. The van der Waals surface area contributed by atoms with Crippen molar-refractivity contribution in [3.8, 4) is 5.88 Å². The number of hydrogen-bond acceptors (Lipinski definition) is 3. The summed E-state index contributed by atoms with van der Waals surface area (Å²) in [5.41, 5.74) is -0.421. The van der Waals surface area contributed by atoms with E-state index in [1.54, 1.807) is 18.2 Å². The topological polar surface area (TPSA) is 51.2 Å². The van der Waals surface area contributed by atoms with Crippen molar-refractivity contribution >= 4 is 40.1 Å². The SMILES string of the molecule is O=C(NCCOc1ncc(C(F)(F)F)cc1Cl)c1ccccc1I. The van der Waals surface area contributed by atoms with E-state index in [2.05, 4.69) is 10.3 Å². The number of nitrogens with one attached hydrogen (secondary N) is 1. The molecule has 0 saturated heterocycles. The zero-order chi connectivity index (χ0) is 17.7. The van der Waals surface area contributed by atoms with Gasteiger partial charge in [0.2, 0.25) is 5.88 Å². The summed E-state index contributed by atoms with van der Waals surface area (Å²) < 4.78 is 43.5. The van der Waals surface area contributed by atoms with Gasteiger partial charge in [-0.1, -0.05) is 23.7 Å². The Kier molecular flexibility index (Phi) is 6.27. The number of carbonyl (C=O) groups excluding carboxylic acids is 1. The van der Waals surface area contributed by atoms with Crippen LogP contribution in [0.5, 0.6) is 5.88 Å². The van der Waals surface area contributed by atoms with E-state index in [4.69, 9.17) is 16.3 Å². The molecule has 1 aromatic carbocycles. The van der Waals surface area contributed by atoms with Gasteiger partial charge in [-0.2, -0.15) is 13.2 Å². The van der Waals surface area contributed by atoms with Gasteiger partial charge in [-0.25, -0.2) is 4.98 Å². The van der Waals surface area contributed by atoms with Crippen LogP contribution in [0.25, 0.3) is 0 Å². The summed E-state index contributed by atoms with van der Waals surface area (Å²) in [5.74, 6) is -0.386. The first-order valence-electron chi connectivity index (χ1n) is 6.67. The number of benzene rings is 1. The van der Waals surface area contributed by atoms with Crippen molar-refractivity contribution in [1.29, 1.82) is 0 Å². The van der Waals surface area contributed by atoms with E-state index >= 15 is 0 Å². The summed E-state index contributed by atoms with van der Waals surface area (Å²) in [6.07, 6.45) is -3.87. The van der Waals surface area contributed by atoms with Crippen LogP contribution in [-0.2, 0) is 6.18 Å². The molecule has 0 aliphatic carbocycles. The molecular formula is C15H11ClF3IN2O2. The molecule has 128 valence electrons. The second-order valence-electron chi connectivity index (χ2n) is 4.59. The monoisotopic (exact) mass is 470 g/mol. The smallest absolute Gasteiger partial charge is 0.417 e. The minimum Gasteiger partial charge on any atom is -0.475 e. The van der Waals surface area contributed by atoms with Crippen molar-refractivity contribution in [3.05, 3.63) is 56.2 Å². The lowest BCUT2D eigenvalue weighted by molar-refractivity contribution is -0.137. The van der Waals surface area contributed by atoms with Gasteiger partial charge in [0.15, 0.2) is 0 Å². The van der Waals surface area contributed by atoms with E-state index in [1.807, 2.05) is 28.7 Å². The molecule has 9 heteroatoms. The number of aromatic nitrogens is 1. The summed E-state index contributed by atoms with van der Waals surface area (Å²) >= 11 is 7.77. The largest absolute Gasteiger partial charge is 0.475 e. The van der Waals surface area contributed by atoms with Crippen LogP contribution in [0.3, 0.4) is 0 Å². The molecule has 0 atom stereocenters. The fourth-order valence-electron chi connectivity index (χ4n) is 1.74. The lowest BCUT2D eigenvalue weighted by atomic mass is 10.2. The molecule has 0 fully saturated rings. The van der Waals surface area contributed by atoms with Gasteiger partial charge in [-0.3, -0.25) is 4.79 Å². The zero-order valence-electron chi connectivity index (χ0n) is 12.0. The van der Waals surface area contributed by atoms with Crippen LogP contribution in [0, 0.1) is 3.57 Å². The molecule has 1 aromatic heterocycles. The Labute approximate surface area is 154 Å². The van der Waals surface area contributed by atoms with Crippen LogP contribution in [0.2, 0.25) is 5.02 Å². The standard InChI is InChI=1S/C15H11ClF3IN2O2/c16-11-7-9(15(17,18)19)8-22-14(11)24-6-5-21-13(23)10-3-1-2-4-12(10)20/h1-4,7-8H,5-6H2,(H,21,23). The third-order valence-corrected chi connectivity index (χ3v) is 4.09. The number of rotatable bonds is 5. The maximum atomic E-state index is 12.5. The van der Waals surface area contributed by atoms with Crippen LogP contribution in [0.1, 0.15) is 15.9 Å². The second kappa shape index (κ2) is 8.02. The first-order valence-corrected chi connectivity index (χ1v) is 8.13. The first-order chi connectivity index (χ1) is 11.3. The Morgan fingerprint density at radius 3 is 2.67 bits per heavy atom. The second-order valence-corrected chi connectivity index (χ2v) is 6.16. The molecule has 0 bridgehead atoms. The molecule has 4 nitrogen and oxygen atoms in total. The van der Waals surface area contributed by atoms with Crippen molar-refractivity contribution in [1.82, 2.24) is 10.3 Å². The third-order valence-electron chi connectivity index (χ3n) is 2.88. The van der Waals surface area contributed by atoms with E-state index in [0.717, 1.165) is 9.64 Å². The minimum absolute atomic E-state index is 0.0211. The van der Waals surface area contributed by atoms with Crippen molar-refractivity contribution in [2.75, 3.05) is 13.2 Å². The molecule has 1 N–H and O–H groups in total. The number of carbonyl (C=O) groups is 1.